The average molecular weight is 165 g/mol. The lowest BCUT2D eigenvalue weighted by molar-refractivity contribution is 0.560. The van der Waals surface area contributed by atoms with Crippen LogP contribution in [0.25, 0.3) is 0 Å². The van der Waals surface area contributed by atoms with Crippen molar-refractivity contribution in [1.82, 2.24) is 0 Å². The average Bonchev–Trinajstić information content (AvgIpc) is 2.11. The summed E-state index contributed by atoms with van der Waals surface area (Å²) in [7, 11) is 0. The smallest absolute Gasteiger partial charge is 0.0655 e. The summed E-state index contributed by atoms with van der Waals surface area (Å²) in [6.45, 7) is 4.22. The fraction of sp³-hybridized carbons (Fsp3) is 0.727. The monoisotopic (exact) mass is 165 g/mol. The molecule has 68 valence electrons. The highest BCUT2D eigenvalue weighted by atomic mass is 14.3. The lowest BCUT2D eigenvalue weighted by Gasteiger charge is -2.02. The van der Waals surface area contributed by atoms with Gasteiger partial charge in [0.2, 0.25) is 0 Å². The van der Waals surface area contributed by atoms with Crippen LogP contribution >= 0.6 is 0 Å². The van der Waals surface area contributed by atoms with Gasteiger partial charge < -0.3 is 0 Å². The van der Waals surface area contributed by atoms with Crippen LogP contribution < -0.4 is 0 Å². The lowest BCUT2D eigenvalue weighted by Crippen LogP contribution is -1.93. The Balaban J connectivity index is 3.30. The van der Waals surface area contributed by atoms with Crippen LogP contribution in [0.5, 0.6) is 0 Å². The number of allylic oxidation sites excluding steroid dienone is 2. The summed E-state index contributed by atoms with van der Waals surface area (Å²) < 4.78 is 0. The number of unbranched alkanes of at least 4 members (excludes halogenated alkanes) is 1. The molecule has 0 aliphatic heterocycles. The Bertz CT molecular complexity index is 153. The molecule has 12 heavy (non-hydrogen) atoms. The maximum Gasteiger partial charge on any atom is 0.0655 e. The fourth-order valence-corrected chi connectivity index (χ4v) is 1.13. The van der Waals surface area contributed by atoms with Gasteiger partial charge in [-0.2, -0.15) is 5.26 Å². The van der Waals surface area contributed by atoms with E-state index in [1.807, 2.05) is 0 Å². The van der Waals surface area contributed by atoms with Gasteiger partial charge in [-0.05, 0) is 32.1 Å². The van der Waals surface area contributed by atoms with E-state index < -0.39 is 0 Å². The fourth-order valence-electron chi connectivity index (χ4n) is 1.13. The molecule has 0 rings (SSSR count). The van der Waals surface area contributed by atoms with Crippen LogP contribution in [0.2, 0.25) is 0 Å². The first-order valence-corrected chi connectivity index (χ1v) is 4.89. The Labute approximate surface area is 76.1 Å². The van der Waals surface area contributed by atoms with Crippen LogP contribution in [-0.4, -0.2) is 0 Å². The zero-order chi connectivity index (χ0) is 9.23. The molecule has 0 aliphatic carbocycles. The van der Waals surface area contributed by atoms with Gasteiger partial charge in [-0.25, -0.2) is 0 Å². The molecule has 0 saturated heterocycles. The molecule has 0 amide bonds. The molecule has 0 saturated carbocycles. The summed E-state index contributed by atoms with van der Waals surface area (Å²) in [6, 6.07) is 2.32. The van der Waals surface area contributed by atoms with Gasteiger partial charge in [0.1, 0.15) is 0 Å². The first kappa shape index (κ1) is 11.2. The van der Waals surface area contributed by atoms with Gasteiger partial charge >= 0.3 is 0 Å². The van der Waals surface area contributed by atoms with E-state index in [1.54, 1.807) is 0 Å². The van der Waals surface area contributed by atoms with Crippen molar-refractivity contribution < 1.29 is 0 Å². The summed E-state index contributed by atoms with van der Waals surface area (Å²) in [5, 5.41) is 8.66. The Morgan fingerprint density at radius 1 is 1.33 bits per heavy atom. The highest BCUT2D eigenvalue weighted by Crippen LogP contribution is 2.11. The van der Waals surface area contributed by atoms with Gasteiger partial charge in [-0.3, -0.25) is 0 Å². The van der Waals surface area contributed by atoms with Crippen molar-refractivity contribution in [2.75, 3.05) is 0 Å². The van der Waals surface area contributed by atoms with E-state index >= 15 is 0 Å². The van der Waals surface area contributed by atoms with Gasteiger partial charge in [0.15, 0.2) is 0 Å². The summed E-state index contributed by atoms with van der Waals surface area (Å²) in [4.78, 5) is 0. The number of hydrogen-bond donors (Lipinski definition) is 0. The second kappa shape index (κ2) is 8.33. The molecule has 0 heterocycles. The molecule has 0 aliphatic rings. The highest BCUT2D eigenvalue weighted by Gasteiger charge is 2.01. The maximum absolute atomic E-state index is 8.66. The van der Waals surface area contributed by atoms with Crippen molar-refractivity contribution in [2.45, 2.75) is 46.0 Å². The van der Waals surface area contributed by atoms with E-state index in [0.29, 0.717) is 0 Å². The molecule has 1 heteroatoms. The highest BCUT2D eigenvalue weighted by molar-refractivity contribution is 4.84. The predicted molar refractivity (Wildman–Crippen MR) is 52.7 cm³/mol. The minimum Gasteiger partial charge on any atom is -0.198 e. The van der Waals surface area contributed by atoms with E-state index in [-0.39, 0.29) is 5.92 Å². The van der Waals surface area contributed by atoms with Gasteiger partial charge in [-0.1, -0.05) is 26.0 Å². The SMILES string of the molecule is CC/C=C/CCCC(C#N)CC. The van der Waals surface area contributed by atoms with Crippen LogP contribution in [0.4, 0.5) is 0 Å². The number of rotatable bonds is 6. The second-order valence-corrected chi connectivity index (χ2v) is 3.04. The molecule has 0 aromatic heterocycles. The maximum atomic E-state index is 8.66. The van der Waals surface area contributed by atoms with Gasteiger partial charge in [-0.15, -0.1) is 0 Å². The predicted octanol–water partition coefficient (Wildman–Crippen LogP) is 3.67. The zero-order valence-electron chi connectivity index (χ0n) is 8.21. The van der Waals surface area contributed by atoms with Crippen LogP contribution in [-0.2, 0) is 0 Å². The molecule has 1 atom stereocenters. The molecule has 0 spiro atoms. The van der Waals surface area contributed by atoms with E-state index in [2.05, 4.69) is 32.1 Å². The summed E-state index contributed by atoms with van der Waals surface area (Å²) in [5.74, 6) is 0.278. The van der Waals surface area contributed by atoms with E-state index in [1.165, 1.54) is 0 Å². The minimum absolute atomic E-state index is 0.278. The molecule has 0 aromatic carbocycles. The molecule has 0 fully saturated rings. The third-order valence-electron chi connectivity index (χ3n) is 2.00. The van der Waals surface area contributed by atoms with Gasteiger partial charge in [0.25, 0.3) is 0 Å². The molecule has 0 radical (unpaired) electrons. The molecule has 0 bridgehead atoms. The van der Waals surface area contributed by atoms with Crippen LogP contribution in [0.3, 0.4) is 0 Å². The number of hydrogen-bond acceptors (Lipinski definition) is 1. The van der Waals surface area contributed by atoms with Crippen molar-refractivity contribution in [3.63, 3.8) is 0 Å². The van der Waals surface area contributed by atoms with E-state index in [0.717, 1.165) is 32.1 Å². The third kappa shape index (κ3) is 5.97. The standard InChI is InChI=1S/C11H19N/c1-3-5-6-7-8-9-11(4-2)10-12/h5-6,11H,3-4,7-9H2,1-2H3/b6-5+. The first-order chi connectivity index (χ1) is 5.85. The first-order valence-electron chi connectivity index (χ1n) is 4.89. The third-order valence-corrected chi connectivity index (χ3v) is 2.00. The lowest BCUT2D eigenvalue weighted by atomic mass is 10.0. The summed E-state index contributed by atoms with van der Waals surface area (Å²) in [5.41, 5.74) is 0. The van der Waals surface area contributed by atoms with Crippen molar-refractivity contribution in [1.29, 1.82) is 5.26 Å². The van der Waals surface area contributed by atoms with Gasteiger partial charge in [0, 0.05) is 5.92 Å². The topological polar surface area (TPSA) is 23.8 Å². The Morgan fingerprint density at radius 3 is 2.58 bits per heavy atom. The number of nitrogens with zero attached hydrogens (tertiary/aromatic N) is 1. The molecule has 0 aromatic rings. The van der Waals surface area contributed by atoms with Gasteiger partial charge in [0.05, 0.1) is 6.07 Å². The second-order valence-electron chi connectivity index (χ2n) is 3.04. The number of nitriles is 1. The Kier molecular flexibility index (Phi) is 7.79. The molecule has 0 N–H and O–H groups in total. The van der Waals surface area contributed by atoms with Crippen LogP contribution in [0.1, 0.15) is 46.0 Å². The van der Waals surface area contributed by atoms with Crippen molar-refractivity contribution in [3.05, 3.63) is 12.2 Å². The summed E-state index contributed by atoms with van der Waals surface area (Å²) >= 11 is 0. The van der Waals surface area contributed by atoms with Crippen molar-refractivity contribution >= 4 is 0 Å². The molecule has 1 unspecified atom stereocenters. The Morgan fingerprint density at radius 2 is 2.08 bits per heavy atom. The van der Waals surface area contributed by atoms with E-state index in [9.17, 15) is 0 Å². The molecular weight excluding hydrogens is 146 g/mol. The molecule has 1 nitrogen and oxygen atoms in total. The van der Waals surface area contributed by atoms with Crippen molar-refractivity contribution in [3.8, 4) is 6.07 Å². The van der Waals surface area contributed by atoms with Crippen LogP contribution in [0, 0.1) is 17.2 Å². The minimum atomic E-state index is 0.278. The molecular formula is C11H19N. The quantitative estimate of drug-likeness (QED) is 0.435. The Hall–Kier alpha value is -0.770. The van der Waals surface area contributed by atoms with E-state index in [4.69, 9.17) is 5.26 Å². The zero-order valence-corrected chi connectivity index (χ0v) is 8.21. The van der Waals surface area contributed by atoms with Crippen LogP contribution in [0.15, 0.2) is 12.2 Å². The normalized spacial score (nSPS) is 13.1. The largest absolute Gasteiger partial charge is 0.198 e. The van der Waals surface area contributed by atoms with Crippen molar-refractivity contribution in [2.24, 2.45) is 5.92 Å². The summed E-state index contributed by atoms with van der Waals surface area (Å²) in [6.07, 6.45) is 9.86.